The number of pyridine rings is 1. The molecule has 146 valence electrons. The van der Waals surface area contributed by atoms with Gasteiger partial charge in [0.2, 0.25) is 0 Å². The van der Waals surface area contributed by atoms with Crippen molar-refractivity contribution >= 4 is 5.97 Å². The highest BCUT2D eigenvalue weighted by molar-refractivity contribution is 5.76. The van der Waals surface area contributed by atoms with E-state index in [1.54, 1.807) is 48.9 Å². The van der Waals surface area contributed by atoms with Crippen LogP contribution in [0.3, 0.4) is 0 Å². The lowest BCUT2D eigenvalue weighted by Crippen LogP contribution is -2.31. The molecule has 4 aromatic rings. The van der Waals surface area contributed by atoms with Crippen molar-refractivity contribution in [2.24, 2.45) is 0 Å². The Bertz CT molecular complexity index is 1190. The zero-order valence-corrected chi connectivity index (χ0v) is 15.4. The first-order valence-corrected chi connectivity index (χ1v) is 8.70. The standard InChI is InChI=1S/C20H17N5O4/c1-29-16-4-2-3-13(9-16)18(19(26)27)25-8-7-24(20(25)28)17-6-5-14(10-21-17)15-11-22-23-12-15/h2-12,18H,1H3,(H,22,23)(H,26,27). The summed E-state index contributed by atoms with van der Waals surface area (Å²) in [6.45, 7) is 0. The van der Waals surface area contributed by atoms with E-state index < -0.39 is 17.7 Å². The molecule has 9 nitrogen and oxygen atoms in total. The molecule has 3 heterocycles. The van der Waals surface area contributed by atoms with Crippen LogP contribution in [0.4, 0.5) is 0 Å². The fourth-order valence-corrected chi connectivity index (χ4v) is 3.10. The molecule has 2 N–H and O–H groups in total. The first kappa shape index (κ1) is 18.2. The normalized spacial score (nSPS) is 11.9. The van der Waals surface area contributed by atoms with Crippen LogP contribution in [0, 0.1) is 0 Å². The first-order chi connectivity index (χ1) is 14.1. The second kappa shape index (κ2) is 7.47. The predicted molar refractivity (Wildman–Crippen MR) is 104 cm³/mol. The fraction of sp³-hybridized carbons (Fsp3) is 0.100. The Labute approximate surface area is 164 Å². The Morgan fingerprint density at radius 1 is 1.17 bits per heavy atom. The monoisotopic (exact) mass is 391 g/mol. The molecule has 0 saturated heterocycles. The molecule has 29 heavy (non-hydrogen) atoms. The molecule has 0 aliphatic rings. The van der Waals surface area contributed by atoms with Gasteiger partial charge in [-0.25, -0.2) is 14.6 Å². The molecule has 0 aliphatic carbocycles. The van der Waals surface area contributed by atoms with Gasteiger partial charge in [0.25, 0.3) is 0 Å². The van der Waals surface area contributed by atoms with E-state index in [-0.39, 0.29) is 0 Å². The second-order valence-electron chi connectivity index (χ2n) is 6.27. The first-order valence-electron chi connectivity index (χ1n) is 8.70. The molecule has 0 radical (unpaired) electrons. The van der Waals surface area contributed by atoms with Crippen LogP contribution in [-0.4, -0.2) is 42.5 Å². The van der Waals surface area contributed by atoms with E-state index in [1.807, 2.05) is 6.07 Å². The van der Waals surface area contributed by atoms with E-state index in [2.05, 4.69) is 15.2 Å². The van der Waals surface area contributed by atoms with Crippen molar-refractivity contribution in [2.75, 3.05) is 7.11 Å². The number of rotatable bonds is 6. The molecule has 9 heteroatoms. The number of benzene rings is 1. The smallest absolute Gasteiger partial charge is 0.335 e. The largest absolute Gasteiger partial charge is 0.497 e. The number of nitrogens with zero attached hydrogens (tertiary/aromatic N) is 4. The van der Waals surface area contributed by atoms with E-state index in [1.165, 1.54) is 24.1 Å². The van der Waals surface area contributed by atoms with Gasteiger partial charge in [0.15, 0.2) is 6.04 Å². The number of hydrogen-bond donors (Lipinski definition) is 2. The summed E-state index contributed by atoms with van der Waals surface area (Å²) in [7, 11) is 1.50. The molecule has 3 aromatic heterocycles. The van der Waals surface area contributed by atoms with Crippen molar-refractivity contribution in [3.63, 3.8) is 0 Å². The lowest BCUT2D eigenvalue weighted by molar-refractivity contribution is -0.139. The minimum absolute atomic E-state index is 0.385. The molecule has 0 spiro atoms. The Kier molecular flexibility index (Phi) is 4.70. The van der Waals surface area contributed by atoms with Gasteiger partial charge in [0, 0.05) is 35.9 Å². The number of hydrogen-bond acceptors (Lipinski definition) is 5. The van der Waals surface area contributed by atoms with Gasteiger partial charge in [-0.1, -0.05) is 12.1 Å². The Hall–Kier alpha value is -4.14. The molecule has 1 atom stereocenters. The fourth-order valence-electron chi connectivity index (χ4n) is 3.10. The molecule has 0 bridgehead atoms. The average molecular weight is 391 g/mol. The molecule has 1 aromatic carbocycles. The van der Waals surface area contributed by atoms with Crippen LogP contribution in [-0.2, 0) is 4.79 Å². The SMILES string of the molecule is COc1cccc(C(C(=O)O)n2ccn(-c3ccc(-c4cn[nH]c4)cn3)c2=O)c1. The van der Waals surface area contributed by atoms with Gasteiger partial charge in [0.05, 0.1) is 13.3 Å². The maximum atomic E-state index is 12.9. The van der Waals surface area contributed by atoms with Crippen LogP contribution in [0.15, 0.2) is 72.2 Å². The number of carbonyl (C=O) groups is 1. The minimum Gasteiger partial charge on any atom is -0.497 e. The summed E-state index contributed by atoms with van der Waals surface area (Å²) in [6, 6.07) is 8.95. The molecule has 0 amide bonds. The highest BCUT2D eigenvalue weighted by Gasteiger charge is 2.25. The number of ether oxygens (including phenoxy) is 1. The summed E-state index contributed by atoms with van der Waals surface area (Å²) >= 11 is 0. The average Bonchev–Trinajstić information content (AvgIpc) is 3.39. The molecular formula is C20H17N5O4. The van der Waals surface area contributed by atoms with E-state index in [9.17, 15) is 14.7 Å². The number of methoxy groups -OCH3 is 1. The van der Waals surface area contributed by atoms with Crippen LogP contribution in [0.1, 0.15) is 11.6 Å². The highest BCUT2D eigenvalue weighted by atomic mass is 16.5. The molecule has 0 saturated carbocycles. The van der Waals surface area contributed by atoms with Crippen LogP contribution in [0.5, 0.6) is 5.75 Å². The lowest BCUT2D eigenvalue weighted by atomic mass is 10.1. The Morgan fingerprint density at radius 2 is 2.03 bits per heavy atom. The topological polar surface area (TPSA) is 115 Å². The zero-order chi connectivity index (χ0) is 20.4. The van der Waals surface area contributed by atoms with Gasteiger partial charge in [-0.15, -0.1) is 0 Å². The Balaban J connectivity index is 1.71. The second-order valence-corrected chi connectivity index (χ2v) is 6.27. The van der Waals surface area contributed by atoms with Crippen LogP contribution in [0.2, 0.25) is 0 Å². The zero-order valence-electron chi connectivity index (χ0n) is 15.4. The number of carboxylic acids is 1. The van der Waals surface area contributed by atoms with Crippen molar-refractivity contribution in [3.05, 3.63) is 83.4 Å². The predicted octanol–water partition coefficient (Wildman–Crippen LogP) is 2.11. The quantitative estimate of drug-likeness (QED) is 0.520. The summed E-state index contributed by atoms with van der Waals surface area (Å²) in [4.78, 5) is 29.2. The third kappa shape index (κ3) is 3.41. The minimum atomic E-state index is -1.19. The van der Waals surface area contributed by atoms with Gasteiger partial charge in [0.1, 0.15) is 11.6 Å². The van der Waals surface area contributed by atoms with Crippen molar-refractivity contribution in [1.82, 2.24) is 24.3 Å². The molecule has 4 rings (SSSR count). The van der Waals surface area contributed by atoms with Gasteiger partial charge in [-0.2, -0.15) is 5.10 Å². The number of nitrogens with one attached hydrogen (secondary N) is 1. The van der Waals surface area contributed by atoms with Gasteiger partial charge in [-0.05, 0) is 29.8 Å². The van der Waals surface area contributed by atoms with Crippen LogP contribution in [0.25, 0.3) is 16.9 Å². The number of aliphatic carboxylic acids is 1. The summed E-state index contributed by atoms with van der Waals surface area (Å²) in [5.74, 6) is -0.255. The Morgan fingerprint density at radius 3 is 2.69 bits per heavy atom. The van der Waals surface area contributed by atoms with Crippen LogP contribution >= 0.6 is 0 Å². The van der Waals surface area contributed by atoms with Crippen LogP contribution < -0.4 is 10.4 Å². The van der Waals surface area contributed by atoms with Crippen molar-refractivity contribution in [2.45, 2.75) is 6.04 Å². The number of carboxylic acid groups (broad SMARTS) is 1. The van der Waals surface area contributed by atoms with Gasteiger partial charge in [-0.3, -0.25) is 14.2 Å². The molecule has 1 unspecified atom stereocenters. The maximum Gasteiger partial charge on any atom is 0.335 e. The molecule has 0 aliphatic heterocycles. The third-order valence-electron chi connectivity index (χ3n) is 4.55. The summed E-state index contributed by atoms with van der Waals surface area (Å²) in [5.41, 5.74) is 1.64. The molecular weight excluding hydrogens is 374 g/mol. The summed E-state index contributed by atoms with van der Waals surface area (Å²) < 4.78 is 7.62. The van der Waals surface area contributed by atoms with E-state index in [4.69, 9.17) is 4.74 Å². The maximum absolute atomic E-state index is 12.9. The number of imidazole rings is 1. The van der Waals surface area contributed by atoms with Crippen molar-refractivity contribution < 1.29 is 14.6 Å². The summed E-state index contributed by atoms with van der Waals surface area (Å²) in [6.07, 6.45) is 7.97. The van der Waals surface area contributed by atoms with Crippen molar-refractivity contribution in [1.29, 1.82) is 0 Å². The number of H-pyrrole nitrogens is 1. The summed E-state index contributed by atoms with van der Waals surface area (Å²) in [5, 5.41) is 16.4. The van der Waals surface area contributed by atoms with E-state index in [0.717, 1.165) is 15.7 Å². The lowest BCUT2D eigenvalue weighted by Gasteiger charge is -2.14. The number of aromatic amines is 1. The van der Waals surface area contributed by atoms with E-state index in [0.29, 0.717) is 17.1 Å². The number of aromatic nitrogens is 5. The molecule has 0 fully saturated rings. The van der Waals surface area contributed by atoms with Gasteiger partial charge >= 0.3 is 11.7 Å². The van der Waals surface area contributed by atoms with Crippen molar-refractivity contribution in [3.8, 4) is 22.7 Å². The van der Waals surface area contributed by atoms with E-state index >= 15 is 0 Å². The third-order valence-corrected chi connectivity index (χ3v) is 4.55. The van der Waals surface area contributed by atoms with Gasteiger partial charge < -0.3 is 9.84 Å². The highest BCUT2D eigenvalue weighted by Crippen LogP contribution is 2.23.